The monoisotopic (exact) mass is 624 g/mol. The van der Waals surface area contributed by atoms with Gasteiger partial charge in [0.15, 0.2) is 5.79 Å². The summed E-state index contributed by atoms with van der Waals surface area (Å²) >= 11 is 0. The summed E-state index contributed by atoms with van der Waals surface area (Å²) in [6, 6.07) is 0.606. The van der Waals surface area contributed by atoms with Crippen molar-refractivity contribution in [2.75, 3.05) is 6.54 Å². The Morgan fingerprint density at radius 2 is 1.00 bits per heavy atom. The van der Waals surface area contributed by atoms with Gasteiger partial charge in [0.05, 0.1) is 6.10 Å². The van der Waals surface area contributed by atoms with Crippen molar-refractivity contribution in [2.45, 2.75) is 199 Å². The number of hydroxylamine groups is 2. The van der Waals surface area contributed by atoms with Crippen LogP contribution in [0.4, 0.5) is 0 Å². The van der Waals surface area contributed by atoms with Crippen LogP contribution in [0.1, 0.15) is 181 Å². The molecule has 0 aliphatic carbocycles. The molecule has 2 fully saturated rings. The van der Waals surface area contributed by atoms with Crippen LogP contribution in [0, 0.1) is 0 Å². The first-order valence-electron chi connectivity index (χ1n) is 19.6. The molecule has 0 aromatic carbocycles. The molecular weight excluding hydrogens is 550 g/mol. The molecule has 0 aromatic heterocycles. The fraction of sp³-hybridized carbons (Fsp3) is 0.762. The fourth-order valence-corrected chi connectivity index (χ4v) is 6.39. The summed E-state index contributed by atoms with van der Waals surface area (Å²) in [6.45, 7) is 7.85. The molecule has 0 saturated carbocycles. The van der Waals surface area contributed by atoms with Crippen LogP contribution >= 0.6 is 0 Å². The molecule has 3 unspecified atom stereocenters. The molecule has 3 nitrogen and oxygen atoms in total. The highest BCUT2D eigenvalue weighted by atomic mass is 16.8. The van der Waals surface area contributed by atoms with Gasteiger partial charge in [0.25, 0.3) is 0 Å². The van der Waals surface area contributed by atoms with E-state index < -0.39 is 5.79 Å². The molecule has 2 rings (SSSR count). The van der Waals surface area contributed by atoms with E-state index in [1.807, 2.05) is 0 Å². The van der Waals surface area contributed by atoms with E-state index in [0.717, 1.165) is 57.9 Å². The smallest absolute Gasteiger partial charge is 0.188 e. The van der Waals surface area contributed by atoms with E-state index in [4.69, 9.17) is 9.57 Å². The van der Waals surface area contributed by atoms with E-state index in [1.54, 1.807) is 0 Å². The minimum Gasteiger partial charge on any atom is -0.345 e. The van der Waals surface area contributed by atoms with Gasteiger partial charge in [0.2, 0.25) is 0 Å². The topological polar surface area (TPSA) is 21.7 Å². The number of rotatable bonds is 27. The molecule has 0 spiro atoms. The molecule has 2 aliphatic heterocycles. The summed E-state index contributed by atoms with van der Waals surface area (Å²) in [4.78, 5) is 6.75. The van der Waals surface area contributed by atoms with Crippen molar-refractivity contribution in [1.82, 2.24) is 5.06 Å². The molecule has 0 amide bonds. The van der Waals surface area contributed by atoms with Gasteiger partial charge in [-0.05, 0) is 103 Å². The van der Waals surface area contributed by atoms with Crippen molar-refractivity contribution in [1.29, 1.82) is 0 Å². The van der Waals surface area contributed by atoms with Crippen molar-refractivity contribution in [3.63, 3.8) is 0 Å². The molecule has 3 atom stereocenters. The minimum absolute atomic E-state index is 0.283. The van der Waals surface area contributed by atoms with E-state index >= 15 is 0 Å². The number of nitrogens with zero attached hydrogens (tertiary/aromatic N) is 1. The Morgan fingerprint density at radius 3 is 1.56 bits per heavy atom. The van der Waals surface area contributed by atoms with Crippen molar-refractivity contribution < 1.29 is 9.57 Å². The van der Waals surface area contributed by atoms with Gasteiger partial charge < -0.3 is 4.74 Å². The average molecular weight is 624 g/mol. The van der Waals surface area contributed by atoms with Crippen molar-refractivity contribution in [2.24, 2.45) is 0 Å². The Hall–Kier alpha value is -1.42. The summed E-state index contributed by atoms with van der Waals surface area (Å²) in [6.07, 6.45) is 54.1. The van der Waals surface area contributed by atoms with Crippen LogP contribution in [-0.2, 0) is 9.57 Å². The third-order valence-corrected chi connectivity index (χ3v) is 9.40. The summed E-state index contributed by atoms with van der Waals surface area (Å²) in [5.74, 6) is -0.426. The SMILES string of the molecule is CCCC/C=C\C/C=C\C/C=C\CCCCC1(CCCCCCCC/C=C\C/C=C\CCCCC)OC(C)CCC2CCN2O1. The van der Waals surface area contributed by atoms with Gasteiger partial charge in [-0.1, -0.05) is 126 Å². The number of hydrogen-bond acceptors (Lipinski definition) is 3. The predicted octanol–water partition coefficient (Wildman–Crippen LogP) is 13.3. The molecule has 0 aromatic rings. The van der Waals surface area contributed by atoms with Gasteiger partial charge in [-0.3, -0.25) is 4.84 Å². The van der Waals surface area contributed by atoms with Crippen LogP contribution in [0.25, 0.3) is 0 Å². The first kappa shape index (κ1) is 39.8. The van der Waals surface area contributed by atoms with E-state index in [0.29, 0.717) is 6.04 Å². The quantitative estimate of drug-likeness (QED) is 0.0671. The fourth-order valence-electron chi connectivity index (χ4n) is 6.39. The Bertz CT molecular complexity index is 827. The van der Waals surface area contributed by atoms with Crippen LogP contribution in [0.3, 0.4) is 0 Å². The second kappa shape index (κ2) is 27.7. The minimum atomic E-state index is -0.426. The first-order valence-corrected chi connectivity index (χ1v) is 19.6. The lowest BCUT2D eigenvalue weighted by Gasteiger charge is -2.49. The lowest BCUT2D eigenvalue weighted by molar-refractivity contribution is -0.400. The number of fused-ring (bicyclic) bond motifs is 1. The predicted molar refractivity (Wildman–Crippen MR) is 197 cm³/mol. The highest BCUT2D eigenvalue weighted by molar-refractivity contribution is 4.97. The standard InChI is InChI=1S/C42H73NO2/c1-4-6-8-10-12-14-16-18-20-21-23-25-27-29-31-33-38-42(44-40(3)34-35-41-36-39-43(41)45-42)37-32-30-28-26-24-22-19-17-15-13-11-9-7-5-2/h11-14,17-20,24,26,40-41H,4-10,15-16,21-23,25,27-39H2,1-3H3/b13-11-,14-12-,19-17-,20-18-,26-24-. The normalized spacial score (nSPS) is 23.1. The van der Waals surface area contributed by atoms with Crippen LogP contribution in [0.15, 0.2) is 60.8 Å². The number of hydrogen-bond donors (Lipinski definition) is 0. The Morgan fingerprint density at radius 1 is 0.533 bits per heavy atom. The van der Waals surface area contributed by atoms with Gasteiger partial charge in [-0.15, -0.1) is 0 Å². The van der Waals surface area contributed by atoms with Gasteiger partial charge in [-0.25, -0.2) is 0 Å². The highest BCUT2D eigenvalue weighted by Gasteiger charge is 2.42. The maximum absolute atomic E-state index is 6.76. The highest BCUT2D eigenvalue weighted by Crippen LogP contribution is 2.38. The second-order valence-corrected chi connectivity index (χ2v) is 13.7. The van der Waals surface area contributed by atoms with Gasteiger partial charge in [0.1, 0.15) is 0 Å². The zero-order valence-corrected chi connectivity index (χ0v) is 30.1. The molecule has 45 heavy (non-hydrogen) atoms. The third-order valence-electron chi connectivity index (χ3n) is 9.40. The molecule has 0 radical (unpaired) electrons. The first-order chi connectivity index (χ1) is 22.2. The largest absolute Gasteiger partial charge is 0.345 e. The van der Waals surface area contributed by atoms with Gasteiger partial charge >= 0.3 is 0 Å². The van der Waals surface area contributed by atoms with Crippen LogP contribution < -0.4 is 0 Å². The third kappa shape index (κ3) is 20.4. The summed E-state index contributed by atoms with van der Waals surface area (Å²) in [7, 11) is 0. The maximum atomic E-state index is 6.76. The Balaban J connectivity index is 1.63. The molecule has 0 N–H and O–H groups in total. The Labute approximate surface area is 280 Å². The molecule has 258 valence electrons. The van der Waals surface area contributed by atoms with Gasteiger partial charge in [-0.2, -0.15) is 5.06 Å². The maximum Gasteiger partial charge on any atom is 0.188 e. The number of allylic oxidation sites excluding steroid dienone is 10. The number of unbranched alkanes of at least 4 members (excludes halogenated alkanes) is 13. The van der Waals surface area contributed by atoms with E-state index in [2.05, 4.69) is 86.6 Å². The molecule has 2 aliphatic rings. The molecule has 3 heteroatoms. The summed E-state index contributed by atoms with van der Waals surface area (Å²) in [5.41, 5.74) is 0. The van der Waals surface area contributed by atoms with E-state index in [-0.39, 0.29) is 6.10 Å². The average Bonchev–Trinajstić information content (AvgIpc) is 3.02. The lowest BCUT2D eigenvalue weighted by atomic mass is 9.95. The van der Waals surface area contributed by atoms with Crippen molar-refractivity contribution >= 4 is 0 Å². The van der Waals surface area contributed by atoms with Crippen LogP contribution in [0.2, 0.25) is 0 Å². The molecule has 2 saturated heterocycles. The Kier molecular flexibility index (Phi) is 24.4. The molecular formula is C42H73NO2. The lowest BCUT2D eigenvalue weighted by Crippen LogP contribution is -2.56. The number of ether oxygens (including phenoxy) is 1. The van der Waals surface area contributed by atoms with Crippen molar-refractivity contribution in [3.05, 3.63) is 60.8 Å². The summed E-state index contributed by atoms with van der Waals surface area (Å²) < 4.78 is 6.76. The zero-order chi connectivity index (χ0) is 32.1. The van der Waals surface area contributed by atoms with Gasteiger partial charge in [0, 0.05) is 25.4 Å². The summed E-state index contributed by atoms with van der Waals surface area (Å²) in [5, 5.41) is 2.27. The van der Waals surface area contributed by atoms with E-state index in [9.17, 15) is 0 Å². The zero-order valence-electron chi connectivity index (χ0n) is 30.1. The van der Waals surface area contributed by atoms with Crippen molar-refractivity contribution in [3.8, 4) is 0 Å². The molecule has 0 bridgehead atoms. The van der Waals surface area contributed by atoms with E-state index in [1.165, 1.54) is 109 Å². The van der Waals surface area contributed by atoms with Crippen LogP contribution in [0.5, 0.6) is 0 Å². The molecule has 2 heterocycles. The second-order valence-electron chi connectivity index (χ2n) is 13.7. The van der Waals surface area contributed by atoms with Crippen LogP contribution in [-0.4, -0.2) is 29.5 Å².